The zero-order valence-electron chi connectivity index (χ0n) is 23.5. The third-order valence-corrected chi connectivity index (χ3v) is 7.85. The van der Waals surface area contributed by atoms with E-state index in [0.29, 0.717) is 24.0 Å². The number of hydrogen-bond acceptors (Lipinski definition) is 5. The molecule has 2 aliphatic rings. The van der Waals surface area contributed by atoms with Gasteiger partial charge in [0.05, 0.1) is 18.7 Å². The highest BCUT2D eigenvalue weighted by Gasteiger charge is 2.42. The number of nitrogens with zero attached hydrogens (tertiary/aromatic N) is 2. The second-order valence-corrected chi connectivity index (χ2v) is 12.1. The van der Waals surface area contributed by atoms with Crippen molar-refractivity contribution in [2.75, 3.05) is 27.2 Å². The molecule has 7 nitrogen and oxygen atoms in total. The van der Waals surface area contributed by atoms with Crippen molar-refractivity contribution in [3.05, 3.63) is 11.6 Å². The zero-order valence-corrected chi connectivity index (χ0v) is 23.5. The molecule has 1 N–H and O–H groups in total. The smallest absolute Gasteiger partial charge is 0.333 e. The minimum Gasteiger partial charge on any atom is -0.463 e. The number of carbonyl (C=O) groups excluding carboxylic acids is 3. The van der Waals surface area contributed by atoms with Gasteiger partial charge in [0.2, 0.25) is 11.8 Å². The van der Waals surface area contributed by atoms with Crippen LogP contribution in [0.15, 0.2) is 11.6 Å². The van der Waals surface area contributed by atoms with Crippen LogP contribution in [0.2, 0.25) is 0 Å². The van der Waals surface area contributed by atoms with Crippen LogP contribution in [0.3, 0.4) is 0 Å². The second-order valence-electron chi connectivity index (χ2n) is 12.1. The topological polar surface area (TPSA) is 79.0 Å². The molecule has 7 heteroatoms. The third-order valence-electron chi connectivity index (χ3n) is 7.85. The molecule has 0 aromatic carbocycles. The van der Waals surface area contributed by atoms with E-state index in [-0.39, 0.29) is 35.8 Å². The summed E-state index contributed by atoms with van der Waals surface area (Å²) in [7, 11) is 3.79. The Labute approximate surface area is 213 Å². The van der Waals surface area contributed by atoms with Crippen molar-refractivity contribution in [1.82, 2.24) is 15.1 Å². The van der Waals surface area contributed by atoms with E-state index in [1.807, 2.05) is 41.7 Å². The van der Waals surface area contributed by atoms with Crippen molar-refractivity contribution < 1.29 is 19.1 Å². The molecule has 35 heavy (non-hydrogen) atoms. The monoisotopic (exact) mass is 491 g/mol. The second kappa shape index (κ2) is 12.4. The fraction of sp³-hybridized carbons (Fsp3) is 0.821. The van der Waals surface area contributed by atoms with Gasteiger partial charge in [-0.3, -0.25) is 14.5 Å². The molecule has 2 amide bonds. The van der Waals surface area contributed by atoms with Crippen molar-refractivity contribution in [2.24, 2.45) is 23.2 Å². The van der Waals surface area contributed by atoms with Crippen molar-refractivity contribution in [3.63, 3.8) is 0 Å². The van der Waals surface area contributed by atoms with Crippen LogP contribution in [0.4, 0.5) is 0 Å². The average molecular weight is 492 g/mol. The van der Waals surface area contributed by atoms with Gasteiger partial charge in [0.25, 0.3) is 0 Å². The largest absolute Gasteiger partial charge is 0.463 e. The lowest BCUT2D eigenvalue weighted by atomic mass is 9.73. The standard InChI is InChI=1S/C28H49N3O4/c1-10-35-27(34)19(4)15-22(18(2)3)31(9)26(33)24(28(5,6)7)29-25(32)23-16-20-13-11-12-14-21(20)17-30(23)8/h15,18,20-24H,10-14,16-17H2,1-9H3,(H,29,32)/t20?,21?,22-,23?,24-/m1/s1. The lowest BCUT2D eigenvalue weighted by Crippen LogP contribution is -2.60. The average Bonchev–Trinajstić information content (AvgIpc) is 2.78. The van der Waals surface area contributed by atoms with Gasteiger partial charge in [0.1, 0.15) is 6.04 Å². The first-order valence-electron chi connectivity index (χ1n) is 13.4. The molecule has 0 aromatic rings. The predicted molar refractivity (Wildman–Crippen MR) is 140 cm³/mol. The van der Waals surface area contributed by atoms with Crippen molar-refractivity contribution >= 4 is 17.8 Å². The number of ether oxygens (including phenoxy) is 1. The van der Waals surface area contributed by atoms with Crippen LogP contribution in [0, 0.1) is 23.2 Å². The highest BCUT2D eigenvalue weighted by atomic mass is 16.5. The van der Waals surface area contributed by atoms with E-state index in [0.717, 1.165) is 13.0 Å². The number of likely N-dealkylation sites (N-methyl/N-ethyl adjacent to an activating group) is 2. The number of hydrogen-bond donors (Lipinski definition) is 1. The summed E-state index contributed by atoms with van der Waals surface area (Å²) in [5.74, 6) is 0.788. The molecule has 1 aliphatic heterocycles. The van der Waals surface area contributed by atoms with E-state index in [4.69, 9.17) is 4.74 Å². The maximum atomic E-state index is 13.8. The number of rotatable bonds is 8. The van der Waals surface area contributed by atoms with Crippen molar-refractivity contribution in [3.8, 4) is 0 Å². The van der Waals surface area contributed by atoms with E-state index in [9.17, 15) is 14.4 Å². The van der Waals surface area contributed by atoms with Gasteiger partial charge in [-0.25, -0.2) is 4.79 Å². The summed E-state index contributed by atoms with van der Waals surface area (Å²) in [6.07, 6.45) is 7.67. The van der Waals surface area contributed by atoms with Gasteiger partial charge in [-0.15, -0.1) is 0 Å². The molecule has 5 atom stereocenters. The fourth-order valence-electron chi connectivity index (χ4n) is 5.66. The van der Waals surface area contributed by atoms with Gasteiger partial charge in [0, 0.05) is 19.2 Å². The highest BCUT2D eigenvalue weighted by Crippen LogP contribution is 2.38. The van der Waals surface area contributed by atoms with Gasteiger partial charge in [-0.05, 0) is 56.9 Å². The van der Waals surface area contributed by atoms with Crippen molar-refractivity contribution in [2.45, 2.75) is 98.7 Å². The Morgan fingerprint density at radius 3 is 2.29 bits per heavy atom. The van der Waals surface area contributed by atoms with Gasteiger partial charge in [-0.2, -0.15) is 0 Å². The van der Waals surface area contributed by atoms with Crippen LogP contribution in [-0.2, 0) is 19.1 Å². The normalized spacial score (nSPS) is 25.4. The Morgan fingerprint density at radius 2 is 1.74 bits per heavy atom. The Kier molecular flexibility index (Phi) is 10.4. The molecule has 2 fully saturated rings. The molecule has 0 spiro atoms. The lowest BCUT2D eigenvalue weighted by Gasteiger charge is -2.45. The van der Waals surface area contributed by atoms with Crippen LogP contribution >= 0.6 is 0 Å². The molecule has 3 unspecified atom stereocenters. The summed E-state index contributed by atoms with van der Waals surface area (Å²) in [6, 6.07) is -1.17. The first kappa shape index (κ1) is 29.3. The summed E-state index contributed by atoms with van der Waals surface area (Å²) in [5.41, 5.74) is 0.00988. The Balaban J connectivity index is 2.21. The van der Waals surface area contributed by atoms with E-state index in [2.05, 4.69) is 10.2 Å². The molecule has 0 bridgehead atoms. The minimum absolute atomic E-state index is 0.0578. The first-order valence-corrected chi connectivity index (χ1v) is 13.4. The molecular weight excluding hydrogens is 442 g/mol. The van der Waals surface area contributed by atoms with Gasteiger partial charge in [-0.1, -0.05) is 60.0 Å². The van der Waals surface area contributed by atoms with Crippen molar-refractivity contribution in [1.29, 1.82) is 0 Å². The molecule has 200 valence electrons. The number of nitrogens with one attached hydrogen (secondary N) is 1. The SMILES string of the molecule is CCOC(=O)C(C)=C[C@H](C(C)C)N(C)C(=O)[C@@H](NC(=O)C1CC2CCCCC2CN1C)C(C)(C)C. The molecular formula is C28H49N3O4. The number of piperidine rings is 1. The third kappa shape index (κ3) is 7.55. The van der Waals surface area contributed by atoms with Crippen LogP contribution in [0.1, 0.15) is 80.6 Å². The van der Waals surface area contributed by atoms with E-state index in [1.165, 1.54) is 25.7 Å². The Bertz CT molecular complexity index is 786. The molecule has 1 saturated heterocycles. The summed E-state index contributed by atoms with van der Waals surface area (Å²) in [6.45, 7) is 14.7. The first-order chi connectivity index (χ1) is 16.3. The molecule has 2 rings (SSSR count). The van der Waals surface area contributed by atoms with Gasteiger partial charge in [0.15, 0.2) is 0 Å². The number of carbonyl (C=O) groups is 3. The highest BCUT2D eigenvalue weighted by molar-refractivity contribution is 5.91. The van der Waals surface area contributed by atoms with Crippen LogP contribution in [0.5, 0.6) is 0 Å². The van der Waals surface area contributed by atoms with Gasteiger partial charge >= 0.3 is 5.97 Å². The molecule has 1 aliphatic carbocycles. The van der Waals surface area contributed by atoms with E-state index >= 15 is 0 Å². The maximum absolute atomic E-state index is 13.8. The number of fused-ring (bicyclic) bond motifs is 1. The van der Waals surface area contributed by atoms with Crippen LogP contribution in [-0.4, -0.2) is 73.0 Å². The zero-order chi connectivity index (χ0) is 26.5. The molecule has 0 radical (unpaired) electrons. The van der Waals surface area contributed by atoms with E-state index in [1.54, 1.807) is 31.9 Å². The quantitative estimate of drug-likeness (QED) is 0.410. The number of esters is 1. The molecule has 0 aromatic heterocycles. The summed E-state index contributed by atoms with van der Waals surface area (Å²) in [4.78, 5) is 43.3. The molecule has 1 saturated carbocycles. The van der Waals surface area contributed by atoms with Gasteiger partial charge < -0.3 is 15.0 Å². The summed E-state index contributed by atoms with van der Waals surface area (Å²) in [5, 5.41) is 3.14. The Morgan fingerprint density at radius 1 is 1.14 bits per heavy atom. The summed E-state index contributed by atoms with van der Waals surface area (Å²) >= 11 is 0. The minimum atomic E-state index is -0.671. The number of amides is 2. The Hall–Kier alpha value is -1.89. The fourth-order valence-corrected chi connectivity index (χ4v) is 5.66. The lowest BCUT2D eigenvalue weighted by molar-refractivity contribution is -0.142. The van der Waals surface area contributed by atoms with Crippen LogP contribution < -0.4 is 5.32 Å². The maximum Gasteiger partial charge on any atom is 0.333 e. The van der Waals surface area contributed by atoms with E-state index < -0.39 is 11.5 Å². The summed E-state index contributed by atoms with van der Waals surface area (Å²) < 4.78 is 5.12. The molecule has 1 heterocycles. The predicted octanol–water partition coefficient (Wildman–Crippen LogP) is 4.02. The number of likely N-dealkylation sites (tertiary alicyclic amines) is 1. The van der Waals surface area contributed by atoms with Crippen LogP contribution in [0.25, 0.3) is 0 Å².